The third-order valence-electron chi connectivity index (χ3n) is 4.72. The Labute approximate surface area is 167 Å². The number of ether oxygens (including phenoxy) is 2. The number of nitrogens with zero attached hydrogens (tertiary/aromatic N) is 1. The molecule has 3 amide bonds. The first-order chi connectivity index (χ1) is 13.6. The quantitative estimate of drug-likeness (QED) is 0.820. The number of carbonyl (C=O) groups is 2. The maximum absolute atomic E-state index is 12.8. The number of hydrogen-bond acceptors (Lipinski definition) is 4. The van der Waals surface area contributed by atoms with Gasteiger partial charge in [-0.2, -0.15) is 0 Å². The van der Waals surface area contributed by atoms with E-state index in [1.807, 2.05) is 0 Å². The third kappa shape index (κ3) is 3.99. The molecular weight excluding hydrogens is 382 g/mol. The molecule has 0 radical (unpaired) electrons. The van der Waals surface area contributed by atoms with Crippen LogP contribution in [0.15, 0.2) is 42.5 Å². The van der Waals surface area contributed by atoms with Crippen LogP contribution < -0.4 is 20.1 Å². The molecule has 0 bridgehead atoms. The van der Waals surface area contributed by atoms with Gasteiger partial charge in [0.15, 0.2) is 11.5 Å². The van der Waals surface area contributed by atoms with Crippen molar-refractivity contribution in [2.45, 2.75) is 18.9 Å². The number of rotatable bonds is 3. The summed E-state index contributed by atoms with van der Waals surface area (Å²) in [5.41, 5.74) is 1.24. The lowest BCUT2D eigenvalue weighted by atomic mass is 10.2. The van der Waals surface area contributed by atoms with E-state index in [1.54, 1.807) is 47.4 Å². The summed E-state index contributed by atoms with van der Waals surface area (Å²) in [5, 5.41) is 6.28. The van der Waals surface area contributed by atoms with Crippen LogP contribution in [0.5, 0.6) is 11.5 Å². The molecular formula is C20H20ClN3O4. The van der Waals surface area contributed by atoms with Crippen LogP contribution >= 0.6 is 11.6 Å². The smallest absolute Gasteiger partial charge is 0.322 e. The van der Waals surface area contributed by atoms with Crippen molar-refractivity contribution in [3.63, 3.8) is 0 Å². The van der Waals surface area contributed by atoms with Gasteiger partial charge in [0.1, 0.15) is 19.3 Å². The minimum Gasteiger partial charge on any atom is -0.486 e. The summed E-state index contributed by atoms with van der Waals surface area (Å²) in [4.78, 5) is 27.0. The van der Waals surface area contributed by atoms with Gasteiger partial charge in [-0.15, -0.1) is 0 Å². The normalized spacial score (nSPS) is 17.9. The lowest BCUT2D eigenvalue weighted by molar-refractivity contribution is -0.119. The van der Waals surface area contributed by atoms with Gasteiger partial charge in [0, 0.05) is 29.0 Å². The van der Waals surface area contributed by atoms with Crippen molar-refractivity contribution in [3.05, 3.63) is 47.5 Å². The number of likely N-dealkylation sites (tertiary alicyclic amines) is 1. The molecule has 0 saturated carbocycles. The summed E-state index contributed by atoms with van der Waals surface area (Å²) in [7, 11) is 0. The molecule has 2 aromatic carbocycles. The topological polar surface area (TPSA) is 79.9 Å². The number of hydrogen-bond donors (Lipinski definition) is 2. The molecule has 0 spiro atoms. The average Bonchev–Trinajstić information content (AvgIpc) is 3.20. The number of nitrogens with one attached hydrogen (secondary N) is 2. The van der Waals surface area contributed by atoms with Crippen molar-refractivity contribution >= 4 is 34.9 Å². The van der Waals surface area contributed by atoms with Crippen LogP contribution in [0, 0.1) is 0 Å². The number of fused-ring (bicyclic) bond motifs is 1. The van der Waals surface area contributed by atoms with E-state index in [-0.39, 0.29) is 11.9 Å². The fraction of sp³-hybridized carbons (Fsp3) is 0.300. The minimum atomic E-state index is -0.527. The number of benzene rings is 2. The van der Waals surface area contributed by atoms with E-state index in [0.717, 1.165) is 6.42 Å². The van der Waals surface area contributed by atoms with Gasteiger partial charge in [0.05, 0.1) is 0 Å². The predicted octanol–water partition coefficient (Wildman–Crippen LogP) is 3.75. The van der Waals surface area contributed by atoms with Gasteiger partial charge in [-0.25, -0.2) is 4.79 Å². The van der Waals surface area contributed by atoms with Crippen LogP contribution in [0.25, 0.3) is 0 Å². The first-order valence-electron chi connectivity index (χ1n) is 9.14. The molecule has 1 unspecified atom stereocenters. The van der Waals surface area contributed by atoms with Crippen LogP contribution in [-0.2, 0) is 4.79 Å². The van der Waals surface area contributed by atoms with Crippen molar-refractivity contribution in [1.29, 1.82) is 0 Å². The Kier molecular flexibility index (Phi) is 5.25. The fourth-order valence-corrected chi connectivity index (χ4v) is 3.48. The van der Waals surface area contributed by atoms with Crippen molar-refractivity contribution < 1.29 is 19.1 Å². The molecule has 0 aliphatic carbocycles. The highest BCUT2D eigenvalue weighted by molar-refractivity contribution is 6.30. The van der Waals surface area contributed by atoms with Crippen molar-refractivity contribution in [1.82, 2.24) is 4.90 Å². The average molecular weight is 402 g/mol. The Morgan fingerprint density at radius 1 is 0.964 bits per heavy atom. The van der Waals surface area contributed by atoms with Crippen molar-refractivity contribution in [2.24, 2.45) is 0 Å². The molecule has 2 N–H and O–H groups in total. The SMILES string of the molecule is O=C(Nc1ccc2c(c1)OCCO2)C1CCCN1C(=O)Nc1ccc(Cl)cc1. The molecule has 4 rings (SSSR count). The maximum Gasteiger partial charge on any atom is 0.322 e. The largest absolute Gasteiger partial charge is 0.486 e. The summed E-state index contributed by atoms with van der Waals surface area (Å²) < 4.78 is 11.0. The summed E-state index contributed by atoms with van der Waals surface area (Å²) in [6.45, 7) is 1.52. The Bertz CT molecular complexity index is 888. The number of anilines is 2. The number of carbonyl (C=O) groups excluding carboxylic acids is 2. The summed E-state index contributed by atoms with van der Waals surface area (Å²) in [6, 6.07) is 11.3. The highest BCUT2D eigenvalue weighted by atomic mass is 35.5. The summed E-state index contributed by atoms with van der Waals surface area (Å²) in [5.74, 6) is 1.04. The van der Waals surface area contributed by atoms with Gasteiger partial charge in [0.2, 0.25) is 5.91 Å². The minimum absolute atomic E-state index is 0.222. The Balaban J connectivity index is 1.41. The Morgan fingerprint density at radius 3 is 2.46 bits per heavy atom. The first-order valence-corrected chi connectivity index (χ1v) is 9.52. The second-order valence-electron chi connectivity index (χ2n) is 6.64. The number of urea groups is 1. The maximum atomic E-state index is 12.8. The van der Waals surface area contributed by atoms with Crippen LogP contribution in [0.2, 0.25) is 5.02 Å². The van der Waals surface area contributed by atoms with Gasteiger partial charge >= 0.3 is 6.03 Å². The standard InChI is InChI=1S/C20H20ClN3O4/c21-13-3-5-14(6-4-13)23-20(26)24-9-1-2-16(24)19(25)22-15-7-8-17-18(12-15)28-11-10-27-17/h3-8,12,16H,1-2,9-11H2,(H,22,25)(H,23,26). The molecule has 1 atom stereocenters. The predicted molar refractivity (Wildman–Crippen MR) is 106 cm³/mol. The van der Waals surface area contributed by atoms with Gasteiger partial charge < -0.3 is 25.0 Å². The van der Waals surface area contributed by atoms with Gasteiger partial charge in [-0.05, 0) is 49.2 Å². The van der Waals surface area contributed by atoms with Gasteiger partial charge in [-0.1, -0.05) is 11.6 Å². The molecule has 2 heterocycles. The zero-order chi connectivity index (χ0) is 19.5. The van der Waals surface area contributed by atoms with E-state index in [1.165, 1.54) is 0 Å². The highest BCUT2D eigenvalue weighted by Gasteiger charge is 2.34. The Morgan fingerprint density at radius 2 is 1.68 bits per heavy atom. The molecule has 1 saturated heterocycles. The lowest BCUT2D eigenvalue weighted by Gasteiger charge is -2.24. The second-order valence-corrected chi connectivity index (χ2v) is 7.07. The monoisotopic (exact) mass is 401 g/mol. The second kappa shape index (κ2) is 7.98. The van der Waals surface area contributed by atoms with Gasteiger partial charge in [-0.3, -0.25) is 4.79 Å². The molecule has 0 aromatic heterocycles. The highest BCUT2D eigenvalue weighted by Crippen LogP contribution is 2.33. The molecule has 8 heteroatoms. The molecule has 7 nitrogen and oxygen atoms in total. The van der Waals surface area contributed by atoms with E-state index >= 15 is 0 Å². The molecule has 1 fully saturated rings. The first kappa shape index (κ1) is 18.4. The van der Waals surface area contributed by atoms with Crippen LogP contribution in [0.4, 0.5) is 16.2 Å². The van der Waals surface area contributed by atoms with E-state index in [2.05, 4.69) is 10.6 Å². The van der Waals surface area contributed by atoms with Crippen LogP contribution in [0.1, 0.15) is 12.8 Å². The van der Waals surface area contributed by atoms with E-state index in [9.17, 15) is 9.59 Å². The molecule has 2 aromatic rings. The molecule has 146 valence electrons. The molecule has 2 aliphatic rings. The zero-order valence-corrected chi connectivity index (χ0v) is 15.9. The Hall–Kier alpha value is -2.93. The van der Waals surface area contributed by atoms with E-state index in [4.69, 9.17) is 21.1 Å². The van der Waals surface area contributed by atoms with Crippen molar-refractivity contribution in [2.75, 3.05) is 30.4 Å². The zero-order valence-electron chi connectivity index (χ0n) is 15.1. The van der Waals surface area contributed by atoms with Crippen LogP contribution in [0.3, 0.4) is 0 Å². The summed E-state index contributed by atoms with van der Waals surface area (Å²) >= 11 is 5.87. The summed E-state index contributed by atoms with van der Waals surface area (Å²) in [6.07, 6.45) is 1.39. The molecule has 2 aliphatic heterocycles. The van der Waals surface area contributed by atoms with Gasteiger partial charge in [0.25, 0.3) is 0 Å². The third-order valence-corrected chi connectivity index (χ3v) is 4.97. The van der Waals surface area contributed by atoms with Crippen LogP contribution in [-0.4, -0.2) is 42.6 Å². The molecule has 28 heavy (non-hydrogen) atoms. The number of amides is 3. The fourth-order valence-electron chi connectivity index (χ4n) is 3.36. The lowest BCUT2D eigenvalue weighted by Crippen LogP contribution is -2.45. The number of halogens is 1. The van der Waals surface area contributed by atoms with E-state index < -0.39 is 6.04 Å². The van der Waals surface area contributed by atoms with E-state index in [0.29, 0.717) is 54.1 Å². The van der Waals surface area contributed by atoms with Crippen molar-refractivity contribution in [3.8, 4) is 11.5 Å².